The lowest BCUT2D eigenvalue weighted by Crippen LogP contribution is -2.00. The molecular weight excluding hydrogens is 342 g/mol. The van der Waals surface area contributed by atoms with E-state index in [0.717, 1.165) is 29.0 Å². The molecule has 1 heterocycles. The SMILES string of the molecule is COc1ccc(C(Br)Cc2ccncc2Cl)c(OC)c1. The minimum Gasteiger partial charge on any atom is -0.497 e. The van der Waals surface area contributed by atoms with E-state index in [-0.39, 0.29) is 4.83 Å². The Labute approximate surface area is 132 Å². The number of hydrogen-bond acceptors (Lipinski definition) is 3. The van der Waals surface area contributed by atoms with Crippen LogP contribution in [0.25, 0.3) is 0 Å². The molecule has 1 unspecified atom stereocenters. The van der Waals surface area contributed by atoms with Crippen LogP contribution in [0, 0.1) is 0 Å². The average molecular weight is 357 g/mol. The number of nitrogens with zero attached hydrogens (tertiary/aromatic N) is 1. The van der Waals surface area contributed by atoms with Gasteiger partial charge in [0.15, 0.2) is 0 Å². The summed E-state index contributed by atoms with van der Waals surface area (Å²) in [5, 5.41) is 0.671. The van der Waals surface area contributed by atoms with Crippen molar-refractivity contribution >= 4 is 27.5 Å². The summed E-state index contributed by atoms with van der Waals surface area (Å²) in [4.78, 5) is 4.09. The van der Waals surface area contributed by atoms with Gasteiger partial charge in [0.25, 0.3) is 0 Å². The molecule has 3 nitrogen and oxygen atoms in total. The summed E-state index contributed by atoms with van der Waals surface area (Å²) in [7, 11) is 3.29. The van der Waals surface area contributed by atoms with Crippen LogP contribution in [0.1, 0.15) is 16.0 Å². The van der Waals surface area contributed by atoms with E-state index in [9.17, 15) is 0 Å². The van der Waals surface area contributed by atoms with E-state index in [1.807, 2.05) is 24.3 Å². The predicted octanol–water partition coefficient (Wildman–Crippen LogP) is 4.43. The minimum atomic E-state index is 0.100. The van der Waals surface area contributed by atoms with E-state index in [2.05, 4.69) is 20.9 Å². The molecule has 0 aliphatic carbocycles. The van der Waals surface area contributed by atoms with E-state index in [1.54, 1.807) is 26.6 Å². The summed E-state index contributed by atoms with van der Waals surface area (Å²) in [5.41, 5.74) is 2.10. The molecule has 0 spiro atoms. The highest BCUT2D eigenvalue weighted by Crippen LogP contribution is 2.36. The van der Waals surface area contributed by atoms with E-state index >= 15 is 0 Å². The Morgan fingerprint density at radius 2 is 2.05 bits per heavy atom. The first-order valence-corrected chi connectivity index (χ1v) is 7.39. The summed E-state index contributed by atoms with van der Waals surface area (Å²) in [6.45, 7) is 0. The maximum Gasteiger partial charge on any atom is 0.126 e. The van der Waals surface area contributed by atoms with Crippen LogP contribution in [-0.4, -0.2) is 19.2 Å². The molecule has 1 aromatic carbocycles. The van der Waals surface area contributed by atoms with Crippen molar-refractivity contribution in [2.75, 3.05) is 14.2 Å². The van der Waals surface area contributed by atoms with Crippen LogP contribution >= 0.6 is 27.5 Å². The van der Waals surface area contributed by atoms with Crippen molar-refractivity contribution < 1.29 is 9.47 Å². The number of hydrogen-bond donors (Lipinski definition) is 0. The number of ether oxygens (including phenoxy) is 2. The molecule has 1 aromatic heterocycles. The van der Waals surface area contributed by atoms with E-state index < -0.39 is 0 Å². The Bertz CT molecular complexity index is 592. The number of benzene rings is 1. The molecule has 0 radical (unpaired) electrons. The third-order valence-electron chi connectivity index (χ3n) is 3.03. The second-order valence-electron chi connectivity index (χ2n) is 4.25. The van der Waals surface area contributed by atoms with Crippen molar-refractivity contribution in [1.82, 2.24) is 4.98 Å². The van der Waals surface area contributed by atoms with E-state index in [4.69, 9.17) is 21.1 Å². The molecule has 0 aliphatic rings. The first-order chi connectivity index (χ1) is 9.65. The van der Waals surface area contributed by atoms with Crippen LogP contribution in [0.5, 0.6) is 11.5 Å². The van der Waals surface area contributed by atoms with E-state index in [0.29, 0.717) is 5.02 Å². The fourth-order valence-corrected chi connectivity index (χ4v) is 2.87. The largest absolute Gasteiger partial charge is 0.497 e. The van der Waals surface area contributed by atoms with Crippen LogP contribution < -0.4 is 9.47 Å². The Balaban J connectivity index is 2.25. The standard InChI is InChI=1S/C15H15BrClNO2/c1-19-11-3-4-12(15(8-11)20-2)13(16)7-10-5-6-18-9-14(10)17/h3-6,8-9,13H,7H2,1-2H3. The van der Waals surface area contributed by atoms with Gasteiger partial charge in [-0.05, 0) is 24.1 Å². The zero-order valence-electron chi connectivity index (χ0n) is 11.3. The second-order valence-corrected chi connectivity index (χ2v) is 5.76. The van der Waals surface area contributed by atoms with Gasteiger partial charge in [0.1, 0.15) is 11.5 Å². The first-order valence-electron chi connectivity index (χ1n) is 6.10. The smallest absolute Gasteiger partial charge is 0.126 e. The summed E-state index contributed by atoms with van der Waals surface area (Å²) in [6, 6.07) is 7.71. The molecule has 2 rings (SSSR count). The molecule has 1 atom stereocenters. The predicted molar refractivity (Wildman–Crippen MR) is 84.2 cm³/mol. The highest BCUT2D eigenvalue weighted by atomic mass is 79.9. The van der Waals surface area contributed by atoms with Crippen molar-refractivity contribution in [1.29, 1.82) is 0 Å². The van der Waals surface area contributed by atoms with Gasteiger partial charge in [-0.25, -0.2) is 0 Å². The van der Waals surface area contributed by atoms with Gasteiger partial charge in [-0.15, -0.1) is 0 Å². The molecule has 0 saturated carbocycles. The van der Waals surface area contributed by atoms with Crippen molar-refractivity contribution in [2.45, 2.75) is 11.2 Å². The normalized spacial score (nSPS) is 12.0. The molecule has 0 aliphatic heterocycles. The topological polar surface area (TPSA) is 31.4 Å². The van der Waals surface area contributed by atoms with Gasteiger partial charge in [0, 0.05) is 28.9 Å². The van der Waals surface area contributed by atoms with Crippen molar-refractivity contribution in [2.24, 2.45) is 0 Å². The number of rotatable bonds is 5. The van der Waals surface area contributed by atoms with Gasteiger partial charge >= 0.3 is 0 Å². The van der Waals surface area contributed by atoms with Gasteiger partial charge in [-0.3, -0.25) is 4.98 Å². The fourth-order valence-electron chi connectivity index (χ4n) is 1.95. The van der Waals surface area contributed by atoms with Crippen molar-refractivity contribution in [3.8, 4) is 11.5 Å². The van der Waals surface area contributed by atoms with Gasteiger partial charge in [-0.1, -0.05) is 33.6 Å². The monoisotopic (exact) mass is 355 g/mol. The molecule has 0 bridgehead atoms. The van der Waals surface area contributed by atoms with Gasteiger partial charge < -0.3 is 9.47 Å². The highest BCUT2D eigenvalue weighted by molar-refractivity contribution is 9.09. The zero-order chi connectivity index (χ0) is 14.5. The fraction of sp³-hybridized carbons (Fsp3) is 0.267. The van der Waals surface area contributed by atoms with Crippen molar-refractivity contribution in [3.05, 3.63) is 52.8 Å². The number of halogens is 2. The number of pyridine rings is 1. The number of methoxy groups -OCH3 is 2. The van der Waals surface area contributed by atoms with Crippen LogP contribution in [0.15, 0.2) is 36.7 Å². The Morgan fingerprint density at radius 1 is 1.25 bits per heavy atom. The molecule has 0 saturated heterocycles. The number of aromatic nitrogens is 1. The quantitative estimate of drug-likeness (QED) is 0.743. The van der Waals surface area contributed by atoms with Crippen LogP contribution in [-0.2, 0) is 6.42 Å². The lowest BCUT2D eigenvalue weighted by molar-refractivity contribution is 0.391. The highest BCUT2D eigenvalue weighted by Gasteiger charge is 2.16. The second kappa shape index (κ2) is 6.95. The third kappa shape index (κ3) is 3.44. The summed E-state index contributed by atoms with van der Waals surface area (Å²) >= 11 is 9.84. The number of alkyl halides is 1. The molecule has 106 valence electrons. The molecule has 0 N–H and O–H groups in total. The third-order valence-corrected chi connectivity index (χ3v) is 4.19. The zero-order valence-corrected chi connectivity index (χ0v) is 13.6. The van der Waals surface area contributed by atoms with Crippen LogP contribution in [0.4, 0.5) is 0 Å². The lowest BCUT2D eigenvalue weighted by Gasteiger charge is -2.16. The molecule has 2 aromatic rings. The van der Waals surface area contributed by atoms with Crippen LogP contribution in [0.3, 0.4) is 0 Å². The Kier molecular flexibility index (Phi) is 5.26. The molecular formula is C15H15BrClNO2. The lowest BCUT2D eigenvalue weighted by atomic mass is 10.0. The Hall–Kier alpha value is -1.26. The molecule has 0 amide bonds. The van der Waals surface area contributed by atoms with E-state index in [1.165, 1.54) is 0 Å². The average Bonchev–Trinajstić information content (AvgIpc) is 2.48. The summed E-state index contributed by atoms with van der Waals surface area (Å²) in [5.74, 6) is 1.56. The minimum absolute atomic E-state index is 0.100. The first kappa shape index (κ1) is 15.1. The maximum atomic E-state index is 6.14. The molecule has 5 heteroatoms. The summed E-state index contributed by atoms with van der Waals surface area (Å²) < 4.78 is 10.6. The van der Waals surface area contributed by atoms with Crippen molar-refractivity contribution in [3.63, 3.8) is 0 Å². The van der Waals surface area contributed by atoms with Gasteiger partial charge in [0.05, 0.1) is 19.2 Å². The van der Waals surface area contributed by atoms with Gasteiger partial charge in [0.2, 0.25) is 0 Å². The van der Waals surface area contributed by atoms with Gasteiger partial charge in [-0.2, -0.15) is 0 Å². The summed E-state index contributed by atoms with van der Waals surface area (Å²) in [6.07, 6.45) is 4.15. The maximum absolute atomic E-state index is 6.14. The molecule has 20 heavy (non-hydrogen) atoms. The Morgan fingerprint density at radius 3 is 2.70 bits per heavy atom. The van der Waals surface area contributed by atoms with Crippen LogP contribution in [0.2, 0.25) is 5.02 Å². The molecule has 0 fully saturated rings.